The fourth-order valence-electron chi connectivity index (χ4n) is 1.14. The predicted molar refractivity (Wildman–Crippen MR) is 39.9 cm³/mol. The molecule has 0 aliphatic heterocycles. The van der Waals surface area contributed by atoms with E-state index in [0.29, 0.717) is 0 Å². The van der Waals surface area contributed by atoms with Crippen LogP contribution in [0.15, 0.2) is 12.2 Å². The summed E-state index contributed by atoms with van der Waals surface area (Å²) in [6.07, 6.45) is 3.12. The highest BCUT2D eigenvalue weighted by atomic mass is 16.6. The lowest BCUT2D eigenvalue weighted by Gasteiger charge is -2.11. The van der Waals surface area contributed by atoms with E-state index < -0.39 is 21.9 Å². The first-order chi connectivity index (χ1) is 5.61. The van der Waals surface area contributed by atoms with Gasteiger partial charge in [-0.25, -0.2) is 0 Å². The number of hydrogen-bond donors (Lipinski definition) is 0. The Balaban J connectivity index is 2.59. The smallest absolute Gasteiger partial charge is 0.231 e. The van der Waals surface area contributed by atoms with Crippen molar-refractivity contribution in [3.05, 3.63) is 32.4 Å². The fourth-order valence-corrected chi connectivity index (χ4v) is 1.14. The molecule has 0 aromatic rings. The van der Waals surface area contributed by atoms with Gasteiger partial charge in [0.15, 0.2) is 0 Å². The molecule has 2 atom stereocenters. The standard InChI is InChI=1S/C6H8N2O4/c9-7(10)5-1-2-6(4-3-5)8(11)12/h1-2,5-6H,3-4H2. The van der Waals surface area contributed by atoms with Gasteiger partial charge >= 0.3 is 0 Å². The summed E-state index contributed by atoms with van der Waals surface area (Å²) in [4.78, 5) is 19.6. The number of hydrogen-bond acceptors (Lipinski definition) is 4. The quantitative estimate of drug-likeness (QED) is 0.347. The Morgan fingerprint density at radius 1 is 1.00 bits per heavy atom. The van der Waals surface area contributed by atoms with Crippen LogP contribution in [0.25, 0.3) is 0 Å². The van der Waals surface area contributed by atoms with Gasteiger partial charge in [0.1, 0.15) is 0 Å². The van der Waals surface area contributed by atoms with E-state index in [1.807, 2.05) is 0 Å². The van der Waals surface area contributed by atoms with Crippen LogP contribution in [0, 0.1) is 20.2 Å². The first kappa shape index (κ1) is 8.63. The Morgan fingerprint density at radius 3 is 1.50 bits per heavy atom. The minimum atomic E-state index is -0.735. The van der Waals surface area contributed by atoms with Crippen LogP contribution in [0.4, 0.5) is 0 Å². The summed E-state index contributed by atoms with van der Waals surface area (Å²) in [6, 6.07) is -1.47. The van der Waals surface area contributed by atoms with Crippen molar-refractivity contribution in [3.8, 4) is 0 Å². The first-order valence-electron chi connectivity index (χ1n) is 3.56. The maximum Gasteiger partial charge on any atom is 0.231 e. The summed E-state index contributed by atoms with van der Waals surface area (Å²) >= 11 is 0. The van der Waals surface area contributed by atoms with Crippen molar-refractivity contribution in [1.82, 2.24) is 0 Å². The van der Waals surface area contributed by atoms with Gasteiger partial charge < -0.3 is 0 Å². The van der Waals surface area contributed by atoms with E-state index in [2.05, 4.69) is 0 Å². The second-order valence-corrected chi connectivity index (χ2v) is 2.67. The maximum absolute atomic E-state index is 10.2. The largest absolute Gasteiger partial charge is 0.264 e. The van der Waals surface area contributed by atoms with E-state index in [1.54, 1.807) is 0 Å². The van der Waals surface area contributed by atoms with Crippen LogP contribution in [0.2, 0.25) is 0 Å². The molecular formula is C6H8N2O4. The molecule has 0 bridgehead atoms. The number of nitrogens with zero attached hydrogens (tertiary/aromatic N) is 2. The highest BCUT2D eigenvalue weighted by Gasteiger charge is 2.28. The van der Waals surface area contributed by atoms with Gasteiger partial charge in [0, 0.05) is 22.7 Å². The molecule has 0 fully saturated rings. The van der Waals surface area contributed by atoms with Crippen LogP contribution in [0.1, 0.15) is 12.8 Å². The predicted octanol–water partition coefficient (Wildman–Crippen LogP) is 0.627. The van der Waals surface area contributed by atoms with Crippen LogP contribution < -0.4 is 0 Å². The molecule has 0 saturated heterocycles. The van der Waals surface area contributed by atoms with Crippen LogP contribution in [-0.4, -0.2) is 21.9 Å². The molecule has 6 heteroatoms. The topological polar surface area (TPSA) is 86.3 Å². The van der Waals surface area contributed by atoms with Crippen molar-refractivity contribution >= 4 is 0 Å². The molecular weight excluding hydrogens is 164 g/mol. The minimum absolute atomic E-state index is 0.259. The van der Waals surface area contributed by atoms with Gasteiger partial charge in [-0.05, 0) is 12.2 Å². The molecule has 1 aliphatic carbocycles. The first-order valence-corrected chi connectivity index (χ1v) is 3.56. The summed E-state index contributed by atoms with van der Waals surface area (Å²) in [7, 11) is 0. The van der Waals surface area contributed by atoms with Crippen molar-refractivity contribution in [3.63, 3.8) is 0 Å². The zero-order valence-corrected chi connectivity index (χ0v) is 6.25. The van der Waals surface area contributed by atoms with E-state index in [-0.39, 0.29) is 12.8 Å². The van der Waals surface area contributed by atoms with Crippen LogP contribution in [0.3, 0.4) is 0 Å². The molecule has 12 heavy (non-hydrogen) atoms. The Morgan fingerprint density at radius 2 is 1.33 bits per heavy atom. The monoisotopic (exact) mass is 172 g/mol. The van der Waals surface area contributed by atoms with E-state index in [9.17, 15) is 20.2 Å². The van der Waals surface area contributed by atoms with Gasteiger partial charge in [-0.2, -0.15) is 0 Å². The second kappa shape index (κ2) is 3.29. The van der Waals surface area contributed by atoms with Crippen molar-refractivity contribution in [2.75, 3.05) is 0 Å². The molecule has 0 radical (unpaired) electrons. The Kier molecular flexibility index (Phi) is 2.37. The van der Waals surface area contributed by atoms with Crippen LogP contribution in [0.5, 0.6) is 0 Å². The molecule has 0 aromatic carbocycles. The molecule has 0 amide bonds. The Hall–Kier alpha value is -1.46. The van der Waals surface area contributed by atoms with Gasteiger partial charge in [0.25, 0.3) is 0 Å². The lowest BCUT2D eigenvalue weighted by molar-refractivity contribution is -0.529. The highest BCUT2D eigenvalue weighted by Crippen LogP contribution is 2.15. The molecule has 0 aromatic heterocycles. The highest BCUT2D eigenvalue weighted by molar-refractivity contribution is 4.99. The SMILES string of the molecule is O=[N+]([O-])C1C=CC([N+](=O)[O-])CC1. The zero-order chi connectivity index (χ0) is 9.14. The van der Waals surface area contributed by atoms with E-state index >= 15 is 0 Å². The van der Waals surface area contributed by atoms with Gasteiger partial charge in [-0.3, -0.25) is 20.2 Å². The molecule has 1 rings (SSSR count). The molecule has 6 nitrogen and oxygen atoms in total. The van der Waals surface area contributed by atoms with E-state index in [0.717, 1.165) is 0 Å². The third-order valence-electron chi connectivity index (χ3n) is 1.86. The maximum atomic E-state index is 10.2. The summed E-state index contributed by atoms with van der Waals surface area (Å²) < 4.78 is 0. The normalized spacial score (nSPS) is 28.3. The van der Waals surface area contributed by atoms with E-state index in [4.69, 9.17) is 0 Å². The second-order valence-electron chi connectivity index (χ2n) is 2.67. The van der Waals surface area contributed by atoms with E-state index in [1.165, 1.54) is 12.2 Å². The lowest BCUT2D eigenvalue weighted by atomic mass is 10.00. The molecule has 1 aliphatic rings. The number of rotatable bonds is 2. The molecule has 0 spiro atoms. The summed E-state index contributed by atoms with van der Waals surface area (Å²) in [5.41, 5.74) is 0. The van der Waals surface area contributed by atoms with Crippen molar-refractivity contribution in [2.24, 2.45) is 0 Å². The van der Waals surface area contributed by atoms with Gasteiger partial charge in [-0.1, -0.05) is 0 Å². The molecule has 0 heterocycles. The summed E-state index contributed by atoms with van der Waals surface area (Å²) in [6.45, 7) is 0. The van der Waals surface area contributed by atoms with Crippen LogP contribution in [-0.2, 0) is 0 Å². The Labute approximate surface area is 68.2 Å². The van der Waals surface area contributed by atoms with Crippen molar-refractivity contribution in [1.29, 1.82) is 0 Å². The van der Waals surface area contributed by atoms with Gasteiger partial charge in [0.05, 0.1) is 0 Å². The molecule has 66 valence electrons. The molecule has 2 unspecified atom stereocenters. The summed E-state index contributed by atoms with van der Waals surface area (Å²) in [5.74, 6) is 0. The summed E-state index contributed by atoms with van der Waals surface area (Å²) in [5, 5.41) is 20.4. The number of nitro groups is 2. The van der Waals surface area contributed by atoms with Gasteiger partial charge in [0.2, 0.25) is 12.1 Å². The average molecular weight is 172 g/mol. The lowest BCUT2D eigenvalue weighted by Crippen LogP contribution is -2.27. The third kappa shape index (κ3) is 1.77. The fraction of sp³-hybridized carbons (Fsp3) is 0.667. The van der Waals surface area contributed by atoms with Crippen molar-refractivity contribution in [2.45, 2.75) is 24.9 Å². The zero-order valence-electron chi connectivity index (χ0n) is 6.25. The Bertz CT molecular complexity index is 214. The van der Waals surface area contributed by atoms with Gasteiger partial charge in [-0.15, -0.1) is 0 Å². The third-order valence-corrected chi connectivity index (χ3v) is 1.86. The van der Waals surface area contributed by atoms with Crippen molar-refractivity contribution < 1.29 is 9.85 Å². The average Bonchev–Trinajstić information content (AvgIpc) is 2.04. The molecule has 0 saturated carbocycles. The minimum Gasteiger partial charge on any atom is -0.264 e. The van der Waals surface area contributed by atoms with Crippen LogP contribution >= 0.6 is 0 Å². The molecule has 0 N–H and O–H groups in total.